The Morgan fingerprint density at radius 1 is 1.19 bits per heavy atom. The first kappa shape index (κ1) is 14.0. The summed E-state index contributed by atoms with van der Waals surface area (Å²) in [6, 6.07) is 0. The third kappa shape index (κ3) is 4.42. The van der Waals surface area contributed by atoms with Crippen LogP contribution in [-0.2, 0) is 0 Å². The number of likely N-dealkylation sites (N-methyl/N-ethyl adjacent to an activating group) is 1. The zero-order valence-electron chi connectivity index (χ0n) is 11.3. The van der Waals surface area contributed by atoms with Crippen LogP contribution in [-0.4, -0.2) is 35.2 Å². The van der Waals surface area contributed by atoms with Gasteiger partial charge in [0.05, 0.1) is 5.60 Å². The molecule has 2 heteroatoms. The van der Waals surface area contributed by atoms with Crippen LogP contribution in [0.1, 0.15) is 59.3 Å². The molecule has 2 nitrogen and oxygen atoms in total. The molecule has 0 radical (unpaired) electrons. The lowest BCUT2D eigenvalue weighted by Crippen LogP contribution is -2.45. The van der Waals surface area contributed by atoms with E-state index in [0.717, 1.165) is 38.4 Å². The van der Waals surface area contributed by atoms with Crippen LogP contribution >= 0.6 is 0 Å². The van der Waals surface area contributed by atoms with Crippen LogP contribution in [0.4, 0.5) is 0 Å². The molecule has 0 bridgehead atoms. The van der Waals surface area contributed by atoms with Crippen molar-refractivity contribution >= 4 is 0 Å². The maximum Gasteiger partial charge on any atom is 0.0774 e. The molecule has 1 atom stereocenters. The van der Waals surface area contributed by atoms with Gasteiger partial charge in [0.25, 0.3) is 0 Å². The summed E-state index contributed by atoms with van der Waals surface area (Å²) in [4.78, 5) is 2.43. The van der Waals surface area contributed by atoms with Crippen LogP contribution in [0.25, 0.3) is 0 Å². The van der Waals surface area contributed by atoms with Crippen molar-refractivity contribution in [3.63, 3.8) is 0 Å². The summed E-state index contributed by atoms with van der Waals surface area (Å²) in [7, 11) is 0. The monoisotopic (exact) mass is 227 g/mol. The maximum absolute atomic E-state index is 10.5. The van der Waals surface area contributed by atoms with Crippen LogP contribution in [0.5, 0.6) is 0 Å². The van der Waals surface area contributed by atoms with Gasteiger partial charge in [-0.15, -0.1) is 0 Å². The van der Waals surface area contributed by atoms with Gasteiger partial charge >= 0.3 is 0 Å². The molecular formula is C14H29NO. The summed E-state index contributed by atoms with van der Waals surface area (Å²) >= 11 is 0. The van der Waals surface area contributed by atoms with E-state index in [2.05, 4.69) is 25.7 Å². The molecule has 0 aliphatic heterocycles. The lowest BCUT2D eigenvalue weighted by molar-refractivity contribution is -0.0277. The molecule has 16 heavy (non-hydrogen) atoms. The molecule has 0 saturated heterocycles. The van der Waals surface area contributed by atoms with E-state index in [9.17, 15) is 5.11 Å². The number of hydrogen-bond donors (Lipinski definition) is 1. The van der Waals surface area contributed by atoms with Gasteiger partial charge in [-0.3, -0.25) is 0 Å². The highest BCUT2D eigenvalue weighted by atomic mass is 16.3. The Morgan fingerprint density at radius 2 is 1.81 bits per heavy atom. The Balaban J connectivity index is 2.41. The minimum absolute atomic E-state index is 0.387. The van der Waals surface area contributed by atoms with E-state index in [1.165, 1.54) is 25.7 Å². The summed E-state index contributed by atoms with van der Waals surface area (Å²) in [5.41, 5.74) is -0.387. The van der Waals surface area contributed by atoms with Crippen molar-refractivity contribution in [2.24, 2.45) is 5.92 Å². The summed E-state index contributed by atoms with van der Waals surface area (Å²) in [6.45, 7) is 9.83. The molecular weight excluding hydrogens is 198 g/mol. The van der Waals surface area contributed by atoms with E-state index < -0.39 is 0 Å². The standard InChI is InChI=1S/C14H29NO/c1-4-13(3)11-15(5-2)12-14(16)9-7-6-8-10-14/h13,16H,4-12H2,1-3H3. The molecule has 96 valence electrons. The number of nitrogens with zero attached hydrogens (tertiary/aromatic N) is 1. The average Bonchev–Trinajstić information content (AvgIpc) is 2.28. The van der Waals surface area contributed by atoms with Crippen molar-refractivity contribution < 1.29 is 5.11 Å². The van der Waals surface area contributed by atoms with Gasteiger partial charge in [-0.25, -0.2) is 0 Å². The Hall–Kier alpha value is -0.0800. The number of hydrogen-bond acceptors (Lipinski definition) is 2. The molecule has 1 saturated carbocycles. The van der Waals surface area contributed by atoms with Gasteiger partial charge in [0, 0.05) is 13.1 Å². The third-order valence-corrected chi connectivity index (χ3v) is 4.02. The minimum Gasteiger partial charge on any atom is -0.389 e. The fourth-order valence-electron chi connectivity index (χ4n) is 2.66. The first-order chi connectivity index (χ1) is 7.59. The molecule has 0 amide bonds. The summed E-state index contributed by atoms with van der Waals surface area (Å²) in [6.07, 6.45) is 6.96. The largest absolute Gasteiger partial charge is 0.389 e. The van der Waals surface area contributed by atoms with Crippen LogP contribution in [0.2, 0.25) is 0 Å². The quantitative estimate of drug-likeness (QED) is 0.754. The predicted molar refractivity (Wildman–Crippen MR) is 69.6 cm³/mol. The van der Waals surface area contributed by atoms with E-state index in [1.807, 2.05) is 0 Å². The topological polar surface area (TPSA) is 23.5 Å². The second-order valence-corrected chi connectivity index (χ2v) is 5.63. The van der Waals surface area contributed by atoms with E-state index in [-0.39, 0.29) is 5.60 Å². The Morgan fingerprint density at radius 3 is 2.31 bits per heavy atom. The molecule has 1 rings (SSSR count). The van der Waals surface area contributed by atoms with Gasteiger partial charge < -0.3 is 10.0 Å². The van der Waals surface area contributed by atoms with Crippen LogP contribution in [0.15, 0.2) is 0 Å². The molecule has 0 aromatic rings. The summed E-state index contributed by atoms with van der Waals surface area (Å²) < 4.78 is 0. The molecule has 1 fully saturated rings. The minimum atomic E-state index is -0.387. The lowest BCUT2D eigenvalue weighted by atomic mass is 9.84. The highest BCUT2D eigenvalue weighted by molar-refractivity contribution is 4.85. The highest BCUT2D eigenvalue weighted by Gasteiger charge is 2.30. The normalized spacial score (nSPS) is 22.3. The summed E-state index contributed by atoms with van der Waals surface area (Å²) in [5, 5.41) is 10.5. The van der Waals surface area contributed by atoms with Crippen molar-refractivity contribution in [2.75, 3.05) is 19.6 Å². The van der Waals surface area contributed by atoms with Gasteiger partial charge in [0.15, 0.2) is 0 Å². The van der Waals surface area contributed by atoms with Crippen molar-refractivity contribution in [3.8, 4) is 0 Å². The van der Waals surface area contributed by atoms with Crippen molar-refractivity contribution in [2.45, 2.75) is 64.9 Å². The maximum atomic E-state index is 10.5. The fourth-order valence-corrected chi connectivity index (χ4v) is 2.66. The second kappa shape index (κ2) is 6.61. The average molecular weight is 227 g/mol. The van der Waals surface area contributed by atoms with E-state index in [0.29, 0.717) is 0 Å². The van der Waals surface area contributed by atoms with E-state index in [1.54, 1.807) is 0 Å². The van der Waals surface area contributed by atoms with Crippen molar-refractivity contribution in [3.05, 3.63) is 0 Å². The van der Waals surface area contributed by atoms with Gasteiger partial charge in [0.1, 0.15) is 0 Å². The molecule has 1 aliphatic rings. The smallest absolute Gasteiger partial charge is 0.0774 e. The van der Waals surface area contributed by atoms with E-state index in [4.69, 9.17) is 0 Å². The van der Waals surface area contributed by atoms with Gasteiger partial charge in [0.2, 0.25) is 0 Å². The highest BCUT2D eigenvalue weighted by Crippen LogP contribution is 2.29. The zero-order valence-corrected chi connectivity index (χ0v) is 11.3. The predicted octanol–water partition coefficient (Wildman–Crippen LogP) is 3.05. The van der Waals surface area contributed by atoms with Crippen LogP contribution in [0, 0.1) is 5.92 Å². The van der Waals surface area contributed by atoms with Crippen LogP contribution in [0.3, 0.4) is 0 Å². The Bertz CT molecular complexity index is 187. The molecule has 1 aliphatic carbocycles. The van der Waals surface area contributed by atoms with Gasteiger partial charge in [-0.2, -0.15) is 0 Å². The second-order valence-electron chi connectivity index (χ2n) is 5.63. The lowest BCUT2D eigenvalue weighted by Gasteiger charge is -2.37. The molecule has 0 aromatic heterocycles. The molecule has 0 aromatic carbocycles. The molecule has 1 unspecified atom stereocenters. The SMILES string of the molecule is CCC(C)CN(CC)CC1(O)CCCCC1. The molecule has 0 heterocycles. The third-order valence-electron chi connectivity index (χ3n) is 4.02. The van der Waals surface area contributed by atoms with Crippen molar-refractivity contribution in [1.29, 1.82) is 0 Å². The fraction of sp³-hybridized carbons (Fsp3) is 1.00. The molecule has 1 N–H and O–H groups in total. The first-order valence-corrected chi connectivity index (χ1v) is 7.04. The zero-order chi connectivity index (χ0) is 12.0. The Kier molecular flexibility index (Phi) is 5.77. The molecule has 0 spiro atoms. The van der Waals surface area contributed by atoms with Gasteiger partial charge in [-0.05, 0) is 25.3 Å². The van der Waals surface area contributed by atoms with Crippen molar-refractivity contribution in [1.82, 2.24) is 4.90 Å². The van der Waals surface area contributed by atoms with Gasteiger partial charge in [-0.1, -0.05) is 46.5 Å². The first-order valence-electron chi connectivity index (χ1n) is 7.04. The summed E-state index contributed by atoms with van der Waals surface area (Å²) in [5.74, 6) is 0.743. The number of rotatable bonds is 6. The number of aliphatic hydroxyl groups is 1. The Labute approximate surface area is 101 Å². The van der Waals surface area contributed by atoms with E-state index >= 15 is 0 Å². The van der Waals surface area contributed by atoms with Crippen LogP contribution < -0.4 is 0 Å².